The Kier molecular flexibility index (Phi) is 3.34. The first-order valence-corrected chi connectivity index (χ1v) is 5.76. The zero-order valence-corrected chi connectivity index (χ0v) is 11.4. The summed E-state index contributed by atoms with van der Waals surface area (Å²) in [6.45, 7) is 0. The standard InChI is InChI=1S/C10H13BrN4O2/c1-13(2)15(16)7-6-14-9(11)5-12-10(14)4-8(7)17-3/h4-6,15H,1-3H3. The van der Waals surface area contributed by atoms with Gasteiger partial charge in [-0.3, -0.25) is 9.57 Å². The summed E-state index contributed by atoms with van der Waals surface area (Å²) in [4.78, 5) is 4.18. The van der Waals surface area contributed by atoms with Crippen molar-refractivity contribution in [1.82, 2.24) is 14.4 Å². The van der Waals surface area contributed by atoms with Gasteiger partial charge in [0.25, 0.3) is 0 Å². The van der Waals surface area contributed by atoms with Crippen molar-refractivity contribution in [3.05, 3.63) is 28.3 Å². The van der Waals surface area contributed by atoms with Crippen molar-refractivity contribution in [3.8, 4) is 5.75 Å². The van der Waals surface area contributed by atoms with Gasteiger partial charge in [0.15, 0.2) is 5.75 Å². The van der Waals surface area contributed by atoms with Crippen LogP contribution < -0.4 is 9.91 Å². The van der Waals surface area contributed by atoms with E-state index in [1.54, 1.807) is 37.0 Å². The van der Waals surface area contributed by atoms with Crippen LogP contribution in [0.15, 0.2) is 23.1 Å². The minimum atomic E-state index is -0.107. The summed E-state index contributed by atoms with van der Waals surface area (Å²) in [7, 11) is 4.94. The molecule has 1 N–H and O–H groups in total. The molecule has 0 saturated carbocycles. The third-order valence-corrected chi connectivity index (χ3v) is 3.01. The summed E-state index contributed by atoms with van der Waals surface area (Å²) < 4.78 is 7.80. The maximum absolute atomic E-state index is 12.0. The van der Waals surface area contributed by atoms with Gasteiger partial charge in [-0.2, -0.15) is 5.01 Å². The monoisotopic (exact) mass is 300 g/mol. The smallest absolute Gasteiger partial charge is 0.210 e. The number of ether oxygens (including phenoxy) is 1. The molecule has 0 saturated heterocycles. The predicted molar refractivity (Wildman–Crippen MR) is 67.1 cm³/mol. The number of nitrogens with zero attached hydrogens (tertiary/aromatic N) is 3. The highest BCUT2D eigenvalue weighted by Crippen LogP contribution is 2.24. The quantitative estimate of drug-likeness (QED) is 0.843. The van der Waals surface area contributed by atoms with E-state index < -0.39 is 0 Å². The molecule has 0 spiro atoms. The first-order chi connectivity index (χ1) is 8.04. The van der Waals surface area contributed by atoms with Gasteiger partial charge >= 0.3 is 0 Å². The molecule has 2 aromatic rings. The van der Waals surface area contributed by atoms with E-state index in [2.05, 4.69) is 20.9 Å². The van der Waals surface area contributed by atoms with Crippen LogP contribution in [-0.2, 0) is 0 Å². The van der Waals surface area contributed by atoms with E-state index in [0.717, 1.165) is 10.3 Å². The number of quaternary nitrogens is 1. The molecule has 0 fully saturated rings. The second-order valence-corrected chi connectivity index (χ2v) is 4.58. The number of hydrogen-bond donors (Lipinski definition) is 1. The molecule has 1 atom stereocenters. The van der Waals surface area contributed by atoms with Crippen LogP contribution in [0.25, 0.3) is 5.65 Å². The first kappa shape index (κ1) is 12.3. The van der Waals surface area contributed by atoms with Crippen LogP contribution in [-0.4, -0.2) is 35.6 Å². The number of hydrogen-bond acceptors (Lipinski definition) is 4. The molecule has 7 heteroatoms. The summed E-state index contributed by atoms with van der Waals surface area (Å²) in [5.41, 5.74) is 1.23. The Labute approximate surface area is 107 Å². The van der Waals surface area contributed by atoms with Crippen LogP contribution in [0.4, 0.5) is 5.69 Å². The van der Waals surface area contributed by atoms with Crippen LogP contribution in [0, 0.1) is 5.21 Å². The van der Waals surface area contributed by atoms with Gasteiger partial charge in [-0.05, 0) is 15.9 Å². The minimum Gasteiger partial charge on any atom is -0.608 e. The zero-order chi connectivity index (χ0) is 12.6. The van der Waals surface area contributed by atoms with Gasteiger partial charge in [0.05, 0.1) is 19.5 Å². The molecule has 0 radical (unpaired) electrons. The average molecular weight is 301 g/mol. The van der Waals surface area contributed by atoms with Crippen molar-refractivity contribution >= 4 is 27.3 Å². The fraction of sp³-hybridized carbons (Fsp3) is 0.300. The molecule has 17 heavy (non-hydrogen) atoms. The number of methoxy groups -OCH3 is 1. The van der Waals surface area contributed by atoms with E-state index in [9.17, 15) is 5.21 Å². The van der Waals surface area contributed by atoms with Crippen molar-refractivity contribution < 1.29 is 9.91 Å². The molecule has 92 valence electrons. The number of nitrogens with one attached hydrogen (secondary N) is 1. The van der Waals surface area contributed by atoms with Crippen molar-refractivity contribution in [2.24, 2.45) is 0 Å². The lowest BCUT2D eigenvalue weighted by Gasteiger charge is -2.28. The van der Waals surface area contributed by atoms with Gasteiger partial charge in [0.2, 0.25) is 5.69 Å². The molecule has 0 aliphatic carbocycles. The fourth-order valence-electron chi connectivity index (χ4n) is 1.55. The summed E-state index contributed by atoms with van der Waals surface area (Å²) in [6, 6.07) is 1.74. The van der Waals surface area contributed by atoms with Crippen LogP contribution in [0.2, 0.25) is 0 Å². The number of rotatable bonds is 3. The third kappa shape index (κ3) is 2.14. The second kappa shape index (κ2) is 4.61. The Morgan fingerprint density at radius 1 is 1.53 bits per heavy atom. The summed E-state index contributed by atoms with van der Waals surface area (Å²) in [5.74, 6) is 0.522. The van der Waals surface area contributed by atoms with Gasteiger partial charge in [-0.1, -0.05) is 0 Å². The van der Waals surface area contributed by atoms with Crippen molar-refractivity contribution in [2.75, 3.05) is 21.2 Å². The number of imidazole rings is 1. The van der Waals surface area contributed by atoms with Crippen LogP contribution in [0.1, 0.15) is 0 Å². The van der Waals surface area contributed by atoms with Crippen molar-refractivity contribution in [2.45, 2.75) is 0 Å². The highest BCUT2D eigenvalue weighted by Gasteiger charge is 2.16. The lowest BCUT2D eigenvalue weighted by Crippen LogP contribution is -3.08. The highest BCUT2D eigenvalue weighted by atomic mass is 79.9. The number of halogens is 1. The molecular formula is C10H13BrN4O2. The molecular weight excluding hydrogens is 288 g/mol. The maximum atomic E-state index is 12.0. The molecule has 0 aromatic carbocycles. The van der Waals surface area contributed by atoms with Crippen LogP contribution >= 0.6 is 15.9 Å². The average Bonchev–Trinajstić information content (AvgIpc) is 2.68. The lowest BCUT2D eigenvalue weighted by molar-refractivity contribution is -0.904. The molecule has 2 heterocycles. The first-order valence-electron chi connectivity index (χ1n) is 4.97. The minimum absolute atomic E-state index is 0.107. The van der Waals surface area contributed by atoms with E-state index in [0.29, 0.717) is 11.4 Å². The summed E-state index contributed by atoms with van der Waals surface area (Å²) >= 11 is 3.37. The summed E-state index contributed by atoms with van der Waals surface area (Å²) in [6.07, 6.45) is 3.40. The van der Waals surface area contributed by atoms with E-state index in [4.69, 9.17) is 4.74 Å². The molecule has 2 aromatic heterocycles. The van der Waals surface area contributed by atoms with Crippen molar-refractivity contribution in [3.63, 3.8) is 0 Å². The molecule has 0 bridgehead atoms. The van der Waals surface area contributed by atoms with Crippen LogP contribution in [0.5, 0.6) is 5.75 Å². The zero-order valence-electron chi connectivity index (χ0n) is 9.77. The van der Waals surface area contributed by atoms with E-state index in [-0.39, 0.29) is 5.17 Å². The molecule has 6 nitrogen and oxygen atoms in total. The summed E-state index contributed by atoms with van der Waals surface area (Å²) in [5, 5.41) is 13.4. The van der Waals surface area contributed by atoms with E-state index in [1.165, 1.54) is 12.1 Å². The number of fused-ring (bicyclic) bond motifs is 1. The molecule has 2 rings (SSSR count). The van der Waals surface area contributed by atoms with E-state index in [1.807, 2.05) is 0 Å². The largest absolute Gasteiger partial charge is 0.608 e. The third-order valence-electron chi connectivity index (χ3n) is 2.42. The van der Waals surface area contributed by atoms with Gasteiger partial charge in [0.1, 0.15) is 10.3 Å². The molecule has 0 aliphatic heterocycles. The van der Waals surface area contributed by atoms with Gasteiger partial charge < -0.3 is 9.94 Å². The van der Waals surface area contributed by atoms with Crippen LogP contribution in [0.3, 0.4) is 0 Å². The van der Waals surface area contributed by atoms with E-state index >= 15 is 0 Å². The SMILES string of the molecule is COc1cc2ncc(Br)n2cc1[NH+]([O-])N(C)C. The Hall–Kier alpha value is -1.15. The topological polar surface area (TPSA) is 57.3 Å². The Morgan fingerprint density at radius 3 is 2.82 bits per heavy atom. The Bertz CT molecular complexity index is 540. The number of aromatic nitrogens is 2. The maximum Gasteiger partial charge on any atom is 0.210 e. The van der Waals surface area contributed by atoms with Gasteiger partial charge in [0, 0.05) is 20.2 Å². The van der Waals surface area contributed by atoms with Crippen molar-refractivity contribution in [1.29, 1.82) is 0 Å². The predicted octanol–water partition coefficient (Wildman–Crippen LogP) is 0.596. The molecule has 0 aliphatic rings. The molecule has 0 amide bonds. The number of pyridine rings is 1. The fourth-order valence-corrected chi connectivity index (χ4v) is 1.93. The normalized spacial score (nSPS) is 13.3. The van der Waals surface area contributed by atoms with Gasteiger partial charge in [-0.25, -0.2) is 4.98 Å². The second-order valence-electron chi connectivity index (χ2n) is 3.76. The lowest BCUT2D eigenvalue weighted by atomic mass is 10.3. The van der Waals surface area contributed by atoms with Gasteiger partial charge in [-0.15, -0.1) is 0 Å². The Morgan fingerprint density at radius 2 is 2.24 bits per heavy atom. The molecule has 1 unspecified atom stereocenters. The Balaban J connectivity index is 2.62. The highest BCUT2D eigenvalue weighted by molar-refractivity contribution is 9.10.